The molecule has 2 atom stereocenters. The van der Waals surface area contributed by atoms with Gasteiger partial charge >= 0.3 is 12.0 Å². The molecule has 1 aromatic heterocycles. The molecule has 0 spiro atoms. The maximum Gasteiger partial charge on any atom is 0.326 e. The normalized spacial score (nSPS) is 15.5. The van der Waals surface area contributed by atoms with Crippen LogP contribution in [0.3, 0.4) is 0 Å². The molecule has 0 bridgehead atoms. The molecule has 176 valence electrons. The van der Waals surface area contributed by atoms with Gasteiger partial charge in [0.15, 0.2) is 5.75 Å². The van der Waals surface area contributed by atoms with Crippen molar-refractivity contribution in [1.82, 2.24) is 15.1 Å². The number of carbonyl (C=O) groups excluding carboxylic acids is 1. The number of para-hydroxylation sites is 1. The van der Waals surface area contributed by atoms with E-state index in [0.717, 1.165) is 17.7 Å². The van der Waals surface area contributed by atoms with E-state index in [9.17, 15) is 19.5 Å². The lowest BCUT2D eigenvalue weighted by atomic mass is 10.0. The molecule has 2 heterocycles. The Bertz CT molecular complexity index is 1290. The zero-order valence-corrected chi connectivity index (χ0v) is 19.2. The van der Waals surface area contributed by atoms with Crippen molar-refractivity contribution in [2.45, 2.75) is 31.8 Å². The summed E-state index contributed by atoms with van der Waals surface area (Å²) in [5, 5.41) is 16.4. The number of nitrogens with one attached hydrogen (secondary N) is 1. The van der Waals surface area contributed by atoms with Crippen molar-refractivity contribution < 1.29 is 19.4 Å². The molecule has 2 aromatic carbocycles. The van der Waals surface area contributed by atoms with Crippen molar-refractivity contribution >= 4 is 17.7 Å². The van der Waals surface area contributed by atoms with Crippen molar-refractivity contribution in [3.05, 3.63) is 76.2 Å². The number of benzene rings is 2. The SMILES string of the molecule is COc1cnn(C)c(=O)c1-c1ccc(C[C@H](NC(=O)N2c3ccccc3CC2C)C(=O)O)cc1. The third-order valence-electron chi connectivity index (χ3n) is 6.03. The summed E-state index contributed by atoms with van der Waals surface area (Å²) in [7, 11) is 3.02. The highest BCUT2D eigenvalue weighted by molar-refractivity contribution is 5.97. The van der Waals surface area contributed by atoms with Crippen LogP contribution in [0.15, 0.2) is 59.5 Å². The largest absolute Gasteiger partial charge is 0.494 e. The average molecular weight is 463 g/mol. The predicted octanol–water partition coefficient (Wildman–Crippen LogP) is 2.61. The molecular weight excluding hydrogens is 436 g/mol. The molecule has 1 aliphatic heterocycles. The topological polar surface area (TPSA) is 114 Å². The molecular formula is C25H26N4O5. The van der Waals surface area contributed by atoms with Crippen molar-refractivity contribution in [2.24, 2.45) is 7.05 Å². The number of nitrogens with zero attached hydrogens (tertiary/aromatic N) is 3. The lowest BCUT2D eigenvalue weighted by Crippen LogP contribution is -2.50. The summed E-state index contributed by atoms with van der Waals surface area (Å²) in [6, 6.07) is 13.0. The van der Waals surface area contributed by atoms with E-state index in [1.165, 1.54) is 18.0 Å². The molecule has 34 heavy (non-hydrogen) atoms. The third-order valence-corrected chi connectivity index (χ3v) is 6.03. The number of hydrogen-bond donors (Lipinski definition) is 2. The van der Waals surface area contributed by atoms with E-state index in [-0.39, 0.29) is 18.0 Å². The number of aryl methyl sites for hydroxylation is 1. The molecule has 0 aliphatic carbocycles. The molecule has 2 N–H and O–H groups in total. The van der Waals surface area contributed by atoms with Crippen LogP contribution in [0.5, 0.6) is 5.75 Å². The summed E-state index contributed by atoms with van der Waals surface area (Å²) in [5.41, 5.74) is 3.26. The lowest BCUT2D eigenvalue weighted by molar-refractivity contribution is -0.139. The number of aromatic nitrogens is 2. The minimum atomic E-state index is -1.12. The number of fused-ring (bicyclic) bond motifs is 1. The molecule has 4 rings (SSSR count). The van der Waals surface area contributed by atoms with Crippen molar-refractivity contribution in [1.29, 1.82) is 0 Å². The van der Waals surface area contributed by atoms with Crippen LogP contribution in [0.1, 0.15) is 18.1 Å². The molecule has 0 fully saturated rings. The van der Waals surface area contributed by atoms with Gasteiger partial charge in [-0.15, -0.1) is 0 Å². The van der Waals surface area contributed by atoms with Crippen LogP contribution in [0.4, 0.5) is 10.5 Å². The van der Waals surface area contributed by atoms with Crippen LogP contribution in [0.2, 0.25) is 0 Å². The molecule has 1 unspecified atom stereocenters. The first kappa shape index (κ1) is 23.0. The van der Waals surface area contributed by atoms with Gasteiger partial charge in [-0.05, 0) is 36.1 Å². The summed E-state index contributed by atoms with van der Waals surface area (Å²) in [6.45, 7) is 1.94. The summed E-state index contributed by atoms with van der Waals surface area (Å²) in [5.74, 6) is -0.770. The molecule has 0 saturated heterocycles. The first-order valence-electron chi connectivity index (χ1n) is 10.9. The molecule has 9 nitrogen and oxygen atoms in total. The molecule has 1 aliphatic rings. The first-order chi connectivity index (χ1) is 16.3. The number of methoxy groups -OCH3 is 1. The second-order valence-corrected chi connectivity index (χ2v) is 8.31. The van der Waals surface area contributed by atoms with E-state index in [1.54, 1.807) is 36.2 Å². The molecule has 0 radical (unpaired) electrons. The number of carboxylic acids is 1. The van der Waals surface area contributed by atoms with Gasteiger partial charge in [-0.25, -0.2) is 14.3 Å². The average Bonchev–Trinajstić information content (AvgIpc) is 3.16. The Labute approximate surface area is 196 Å². The zero-order chi connectivity index (χ0) is 24.4. The molecule has 3 aromatic rings. The van der Waals surface area contributed by atoms with E-state index >= 15 is 0 Å². The number of carbonyl (C=O) groups is 2. The van der Waals surface area contributed by atoms with Gasteiger partial charge in [0.2, 0.25) is 0 Å². The number of aliphatic carboxylic acids is 1. The molecule has 0 saturated carbocycles. The summed E-state index contributed by atoms with van der Waals surface area (Å²) in [6.07, 6.45) is 2.29. The lowest BCUT2D eigenvalue weighted by Gasteiger charge is -2.25. The quantitative estimate of drug-likeness (QED) is 0.582. The number of urea groups is 1. The van der Waals surface area contributed by atoms with Gasteiger partial charge in [0.05, 0.1) is 18.9 Å². The second kappa shape index (κ2) is 9.38. The van der Waals surface area contributed by atoms with E-state index in [4.69, 9.17) is 4.74 Å². The van der Waals surface area contributed by atoms with E-state index in [0.29, 0.717) is 22.4 Å². The van der Waals surface area contributed by atoms with Crippen LogP contribution in [-0.4, -0.2) is 46.1 Å². The van der Waals surface area contributed by atoms with Gasteiger partial charge < -0.3 is 15.2 Å². The van der Waals surface area contributed by atoms with Gasteiger partial charge in [-0.3, -0.25) is 9.69 Å². The highest BCUT2D eigenvalue weighted by Gasteiger charge is 2.33. The maximum atomic E-state index is 13.0. The minimum absolute atomic E-state index is 0.0657. The number of amides is 2. The van der Waals surface area contributed by atoms with Gasteiger partial charge in [-0.1, -0.05) is 42.5 Å². The number of rotatable bonds is 6. The van der Waals surface area contributed by atoms with Gasteiger partial charge in [0, 0.05) is 25.2 Å². The summed E-state index contributed by atoms with van der Waals surface area (Å²) < 4.78 is 6.50. The monoisotopic (exact) mass is 462 g/mol. The van der Waals surface area contributed by atoms with Gasteiger partial charge in [0.1, 0.15) is 6.04 Å². The first-order valence-corrected chi connectivity index (χ1v) is 10.9. The van der Waals surface area contributed by atoms with Gasteiger partial charge in [0.25, 0.3) is 5.56 Å². The highest BCUT2D eigenvalue weighted by Crippen LogP contribution is 2.32. The Morgan fingerprint density at radius 2 is 1.91 bits per heavy atom. The maximum absolute atomic E-state index is 13.0. The summed E-state index contributed by atoms with van der Waals surface area (Å²) in [4.78, 5) is 39.1. The fraction of sp³-hybridized carbons (Fsp3) is 0.280. The Kier molecular flexibility index (Phi) is 6.36. The highest BCUT2D eigenvalue weighted by atomic mass is 16.5. The van der Waals surface area contributed by atoms with Crippen LogP contribution < -0.4 is 20.5 Å². The van der Waals surface area contributed by atoms with Crippen LogP contribution in [0.25, 0.3) is 11.1 Å². The smallest absolute Gasteiger partial charge is 0.326 e. The second-order valence-electron chi connectivity index (χ2n) is 8.31. The van der Waals surface area contributed by atoms with E-state index < -0.39 is 18.0 Å². The van der Waals surface area contributed by atoms with Crippen molar-refractivity contribution in [3.63, 3.8) is 0 Å². The Morgan fingerprint density at radius 1 is 1.21 bits per heavy atom. The minimum Gasteiger partial charge on any atom is -0.494 e. The van der Waals surface area contributed by atoms with Crippen LogP contribution in [-0.2, 0) is 24.7 Å². The predicted molar refractivity (Wildman–Crippen MR) is 127 cm³/mol. The fourth-order valence-electron chi connectivity index (χ4n) is 4.28. The zero-order valence-electron chi connectivity index (χ0n) is 19.2. The number of ether oxygens (including phenoxy) is 1. The van der Waals surface area contributed by atoms with Crippen LogP contribution in [0, 0.1) is 0 Å². The molecule has 9 heteroatoms. The van der Waals surface area contributed by atoms with Gasteiger partial charge in [-0.2, -0.15) is 5.10 Å². The van der Waals surface area contributed by atoms with E-state index in [2.05, 4.69) is 10.4 Å². The molecule has 2 amide bonds. The Balaban J connectivity index is 1.52. The number of anilines is 1. The van der Waals surface area contributed by atoms with Crippen molar-refractivity contribution in [2.75, 3.05) is 12.0 Å². The summed E-state index contributed by atoms with van der Waals surface area (Å²) >= 11 is 0. The fourth-order valence-corrected chi connectivity index (χ4v) is 4.28. The van der Waals surface area contributed by atoms with E-state index in [1.807, 2.05) is 31.2 Å². The Morgan fingerprint density at radius 3 is 2.59 bits per heavy atom. The number of carboxylic acid groups (broad SMARTS) is 1. The van der Waals surface area contributed by atoms with Crippen molar-refractivity contribution in [3.8, 4) is 16.9 Å². The third kappa shape index (κ3) is 4.36. The standard InChI is InChI=1S/C25H26N4O5/c1-15-12-18-6-4-5-7-20(18)29(15)25(33)27-19(24(31)32)13-16-8-10-17(11-9-16)22-21(34-3)14-26-28(2)23(22)30/h4-11,14-15,19H,12-13H2,1-3H3,(H,27,33)(H,31,32)/t15?,19-/m0/s1. The Hall–Kier alpha value is -4.14. The number of hydrogen-bond acceptors (Lipinski definition) is 5. The van der Waals surface area contributed by atoms with Crippen LogP contribution >= 0.6 is 0 Å².